The Morgan fingerprint density at radius 1 is 1.50 bits per heavy atom. The highest BCUT2D eigenvalue weighted by Crippen LogP contribution is 2.18. The van der Waals surface area contributed by atoms with Gasteiger partial charge in [-0.2, -0.15) is 0 Å². The molecule has 0 radical (unpaired) electrons. The number of hydrogen-bond acceptors (Lipinski definition) is 2. The Kier molecular flexibility index (Phi) is 3.34. The molecule has 1 aromatic carbocycles. The van der Waals surface area contributed by atoms with Crippen LogP contribution in [0.15, 0.2) is 18.2 Å². The first-order valence-electron chi connectivity index (χ1n) is 5.69. The summed E-state index contributed by atoms with van der Waals surface area (Å²) in [4.78, 5) is 12.1. The smallest absolute Gasteiger partial charge is 0.167 e. The average molecular weight is 221 g/mol. The quantitative estimate of drug-likeness (QED) is 0.776. The number of nitrogens with one attached hydrogen (secondary N) is 1. The molecule has 0 bridgehead atoms. The second-order valence-electron chi connectivity index (χ2n) is 4.37. The number of rotatable bonds is 2. The fourth-order valence-electron chi connectivity index (χ4n) is 2.11. The molecule has 0 spiro atoms. The van der Waals surface area contributed by atoms with Crippen molar-refractivity contribution >= 4 is 5.78 Å². The molecule has 1 unspecified atom stereocenters. The van der Waals surface area contributed by atoms with Gasteiger partial charge in [0.05, 0.1) is 0 Å². The fraction of sp³-hybridized carbons (Fsp3) is 0.462. The second kappa shape index (κ2) is 4.74. The minimum atomic E-state index is -0.252. The molecule has 1 aromatic rings. The third-order valence-corrected chi connectivity index (χ3v) is 3.11. The molecule has 1 fully saturated rings. The molecule has 2 nitrogen and oxygen atoms in total. The number of carbonyl (C=O) groups is 1. The first kappa shape index (κ1) is 11.3. The lowest BCUT2D eigenvalue weighted by Gasteiger charge is -2.21. The summed E-state index contributed by atoms with van der Waals surface area (Å²) >= 11 is 0. The van der Waals surface area contributed by atoms with Crippen molar-refractivity contribution < 1.29 is 9.18 Å². The van der Waals surface area contributed by atoms with Crippen molar-refractivity contribution in [3.63, 3.8) is 0 Å². The average Bonchev–Trinajstić information content (AvgIpc) is 2.33. The van der Waals surface area contributed by atoms with Gasteiger partial charge in [0, 0.05) is 18.0 Å². The number of halogens is 1. The number of aryl methyl sites for hydroxylation is 1. The zero-order valence-electron chi connectivity index (χ0n) is 9.42. The topological polar surface area (TPSA) is 29.1 Å². The van der Waals surface area contributed by atoms with Gasteiger partial charge in [0.2, 0.25) is 0 Å². The van der Waals surface area contributed by atoms with Crippen LogP contribution in [0.25, 0.3) is 0 Å². The molecule has 3 heteroatoms. The SMILES string of the molecule is Cc1cc(C(=O)C2CCCNC2)ccc1F. The molecular formula is C13H16FNO. The van der Waals surface area contributed by atoms with Crippen molar-refractivity contribution in [3.8, 4) is 0 Å². The van der Waals surface area contributed by atoms with Crippen LogP contribution in [0.5, 0.6) is 0 Å². The fourth-order valence-corrected chi connectivity index (χ4v) is 2.11. The van der Waals surface area contributed by atoms with Crippen LogP contribution >= 0.6 is 0 Å². The predicted octanol–water partition coefficient (Wildman–Crippen LogP) is 2.32. The molecule has 1 heterocycles. The van der Waals surface area contributed by atoms with Crippen molar-refractivity contribution in [3.05, 3.63) is 35.1 Å². The van der Waals surface area contributed by atoms with Gasteiger partial charge >= 0.3 is 0 Å². The van der Waals surface area contributed by atoms with Crippen LogP contribution in [0, 0.1) is 18.7 Å². The summed E-state index contributed by atoms with van der Waals surface area (Å²) in [5.74, 6) is -0.0627. The monoisotopic (exact) mass is 221 g/mol. The van der Waals surface area contributed by atoms with Gasteiger partial charge in [-0.05, 0) is 50.1 Å². The Bertz CT molecular complexity index is 397. The Hall–Kier alpha value is -1.22. The zero-order valence-corrected chi connectivity index (χ0v) is 9.42. The molecule has 1 aliphatic rings. The van der Waals surface area contributed by atoms with Crippen molar-refractivity contribution in [2.24, 2.45) is 5.92 Å². The minimum Gasteiger partial charge on any atom is -0.316 e. The van der Waals surface area contributed by atoms with Gasteiger partial charge < -0.3 is 5.32 Å². The van der Waals surface area contributed by atoms with Crippen LogP contribution in [-0.2, 0) is 0 Å². The molecule has 0 saturated carbocycles. The highest BCUT2D eigenvalue weighted by atomic mass is 19.1. The molecule has 1 saturated heterocycles. The van der Waals surface area contributed by atoms with Crippen molar-refractivity contribution in [1.82, 2.24) is 5.32 Å². The van der Waals surface area contributed by atoms with Crippen LogP contribution < -0.4 is 5.32 Å². The molecule has 1 aliphatic heterocycles. The third kappa shape index (κ3) is 2.30. The van der Waals surface area contributed by atoms with Gasteiger partial charge in [0.1, 0.15) is 5.82 Å². The van der Waals surface area contributed by atoms with Crippen LogP contribution in [0.1, 0.15) is 28.8 Å². The molecule has 2 rings (SSSR count). The number of hydrogen-bond donors (Lipinski definition) is 1. The number of piperidine rings is 1. The van der Waals surface area contributed by atoms with Crippen LogP contribution in [-0.4, -0.2) is 18.9 Å². The third-order valence-electron chi connectivity index (χ3n) is 3.11. The Balaban J connectivity index is 2.16. The van der Waals surface area contributed by atoms with E-state index >= 15 is 0 Å². The number of carbonyl (C=O) groups excluding carboxylic acids is 1. The van der Waals surface area contributed by atoms with E-state index in [9.17, 15) is 9.18 Å². The molecule has 0 amide bonds. The number of Topliss-reactive ketones (excluding diaryl/α,β-unsaturated/α-hetero) is 1. The van der Waals surface area contributed by atoms with E-state index in [1.807, 2.05) is 0 Å². The summed E-state index contributed by atoms with van der Waals surface area (Å²) in [6, 6.07) is 4.60. The molecular weight excluding hydrogens is 205 g/mol. The maximum Gasteiger partial charge on any atom is 0.167 e. The van der Waals surface area contributed by atoms with E-state index in [0.29, 0.717) is 11.1 Å². The molecule has 0 aromatic heterocycles. The summed E-state index contributed by atoms with van der Waals surface area (Å²) in [5, 5.41) is 3.22. The lowest BCUT2D eigenvalue weighted by Crippen LogP contribution is -2.34. The summed E-state index contributed by atoms with van der Waals surface area (Å²) < 4.78 is 13.1. The molecule has 86 valence electrons. The van der Waals surface area contributed by atoms with Crippen molar-refractivity contribution in [2.75, 3.05) is 13.1 Å². The summed E-state index contributed by atoms with van der Waals surface area (Å²) in [6.45, 7) is 3.42. The molecule has 1 atom stereocenters. The summed E-state index contributed by atoms with van der Waals surface area (Å²) in [7, 11) is 0. The maximum atomic E-state index is 13.1. The largest absolute Gasteiger partial charge is 0.316 e. The van der Waals surface area contributed by atoms with E-state index < -0.39 is 0 Å². The van der Waals surface area contributed by atoms with Gasteiger partial charge in [-0.1, -0.05) is 0 Å². The summed E-state index contributed by atoms with van der Waals surface area (Å²) in [6.07, 6.45) is 1.97. The van der Waals surface area contributed by atoms with E-state index in [2.05, 4.69) is 5.32 Å². The summed E-state index contributed by atoms with van der Waals surface area (Å²) in [5.41, 5.74) is 1.17. The Labute approximate surface area is 94.9 Å². The van der Waals surface area contributed by atoms with Crippen LogP contribution in [0.4, 0.5) is 4.39 Å². The highest BCUT2D eigenvalue weighted by molar-refractivity contribution is 5.98. The molecule has 16 heavy (non-hydrogen) atoms. The first-order valence-corrected chi connectivity index (χ1v) is 5.69. The Morgan fingerprint density at radius 3 is 2.94 bits per heavy atom. The number of benzene rings is 1. The number of ketones is 1. The van der Waals surface area contributed by atoms with Crippen LogP contribution in [0.3, 0.4) is 0 Å². The second-order valence-corrected chi connectivity index (χ2v) is 4.37. The van der Waals surface area contributed by atoms with E-state index in [0.717, 1.165) is 25.9 Å². The van der Waals surface area contributed by atoms with Crippen LogP contribution in [0.2, 0.25) is 0 Å². The van der Waals surface area contributed by atoms with E-state index in [1.165, 1.54) is 6.07 Å². The zero-order chi connectivity index (χ0) is 11.5. The molecule has 0 aliphatic carbocycles. The van der Waals surface area contributed by atoms with Gasteiger partial charge in [-0.15, -0.1) is 0 Å². The predicted molar refractivity (Wildman–Crippen MR) is 61.1 cm³/mol. The normalized spacial score (nSPS) is 20.8. The van der Waals surface area contributed by atoms with Crippen molar-refractivity contribution in [1.29, 1.82) is 0 Å². The van der Waals surface area contributed by atoms with Gasteiger partial charge in [0.15, 0.2) is 5.78 Å². The maximum absolute atomic E-state index is 13.1. The van der Waals surface area contributed by atoms with Gasteiger partial charge in [-0.25, -0.2) is 4.39 Å². The van der Waals surface area contributed by atoms with Gasteiger partial charge in [-0.3, -0.25) is 4.79 Å². The van der Waals surface area contributed by atoms with E-state index in [4.69, 9.17) is 0 Å². The lowest BCUT2D eigenvalue weighted by atomic mass is 9.90. The molecule has 1 N–H and O–H groups in total. The Morgan fingerprint density at radius 2 is 2.31 bits per heavy atom. The van der Waals surface area contributed by atoms with Crippen molar-refractivity contribution in [2.45, 2.75) is 19.8 Å². The van der Waals surface area contributed by atoms with Gasteiger partial charge in [0.25, 0.3) is 0 Å². The standard InChI is InChI=1S/C13H16FNO/c1-9-7-10(4-5-12(9)14)13(16)11-3-2-6-15-8-11/h4-5,7,11,15H,2-3,6,8H2,1H3. The lowest BCUT2D eigenvalue weighted by molar-refractivity contribution is 0.0899. The highest BCUT2D eigenvalue weighted by Gasteiger charge is 2.22. The van der Waals surface area contributed by atoms with E-state index in [-0.39, 0.29) is 17.5 Å². The first-order chi connectivity index (χ1) is 7.68. The van der Waals surface area contributed by atoms with E-state index in [1.54, 1.807) is 19.1 Å². The minimum absolute atomic E-state index is 0.0543.